The first-order valence-electron chi connectivity index (χ1n) is 5.42. The molecule has 0 atom stereocenters. The Kier molecular flexibility index (Phi) is 3.77. The standard InChI is InChI=1S/C13H8FN3O2S/c14-8-3-4-11(17(18)19)9(6-8)13(16)10(7-15)12-2-1-5-20-12/h1-6H,16H2/b13-10-. The fourth-order valence-electron chi connectivity index (χ4n) is 1.69. The van der Waals surface area contributed by atoms with Gasteiger partial charge in [0.1, 0.15) is 11.9 Å². The monoisotopic (exact) mass is 289 g/mol. The number of rotatable bonds is 3. The quantitative estimate of drug-likeness (QED) is 0.533. The Morgan fingerprint density at radius 1 is 1.45 bits per heavy atom. The molecule has 100 valence electrons. The average molecular weight is 289 g/mol. The molecule has 1 heterocycles. The van der Waals surface area contributed by atoms with Crippen LogP contribution in [0.25, 0.3) is 11.3 Å². The Labute approximate surface area is 117 Å². The second-order valence-electron chi connectivity index (χ2n) is 3.80. The number of nitro benzene ring substituents is 1. The number of halogens is 1. The molecule has 2 aromatic rings. The molecule has 0 amide bonds. The van der Waals surface area contributed by atoms with E-state index in [0.717, 1.165) is 18.2 Å². The van der Waals surface area contributed by atoms with Crippen LogP contribution >= 0.6 is 11.3 Å². The van der Waals surface area contributed by atoms with E-state index in [4.69, 9.17) is 5.73 Å². The molecule has 5 nitrogen and oxygen atoms in total. The zero-order chi connectivity index (χ0) is 14.7. The summed E-state index contributed by atoms with van der Waals surface area (Å²) in [7, 11) is 0. The molecular weight excluding hydrogens is 281 g/mol. The predicted molar refractivity (Wildman–Crippen MR) is 74.0 cm³/mol. The molecule has 0 unspecified atom stereocenters. The van der Waals surface area contributed by atoms with Gasteiger partial charge in [0, 0.05) is 10.9 Å². The summed E-state index contributed by atoms with van der Waals surface area (Å²) in [5.41, 5.74) is 5.39. The third-order valence-electron chi connectivity index (χ3n) is 2.59. The van der Waals surface area contributed by atoms with E-state index in [1.807, 2.05) is 6.07 Å². The predicted octanol–water partition coefficient (Wildman–Crippen LogP) is 3.15. The van der Waals surface area contributed by atoms with Crippen molar-refractivity contribution in [3.05, 3.63) is 62.1 Å². The van der Waals surface area contributed by atoms with Gasteiger partial charge in [0.15, 0.2) is 0 Å². The van der Waals surface area contributed by atoms with E-state index >= 15 is 0 Å². The first-order chi connectivity index (χ1) is 9.54. The molecule has 1 aromatic carbocycles. The highest BCUT2D eigenvalue weighted by Gasteiger charge is 2.20. The van der Waals surface area contributed by atoms with Crippen LogP contribution in [0.1, 0.15) is 10.4 Å². The van der Waals surface area contributed by atoms with Gasteiger partial charge in [0.2, 0.25) is 0 Å². The number of nitrogens with zero attached hydrogens (tertiary/aromatic N) is 2. The topological polar surface area (TPSA) is 93.0 Å². The van der Waals surface area contributed by atoms with Crippen LogP contribution in [0.15, 0.2) is 35.7 Å². The maximum atomic E-state index is 13.3. The van der Waals surface area contributed by atoms with Gasteiger partial charge in [-0.3, -0.25) is 10.1 Å². The van der Waals surface area contributed by atoms with Crippen molar-refractivity contribution < 1.29 is 9.31 Å². The number of thiophene rings is 1. The molecule has 0 spiro atoms. The highest BCUT2D eigenvalue weighted by atomic mass is 32.1. The van der Waals surface area contributed by atoms with E-state index in [2.05, 4.69) is 0 Å². The van der Waals surface area contributed by atoms with E-state index < -0.39 is 10.7 Å². The van der Waals surface area contributed by atoms with Crippen molar-refractivity contribution in [1.29, 1.82) is 5.26 Å². The van der Waals surface area contributed by atoms with Gasteiger partial charge in [-0.25, -0.2) is 4.39 Å². The molecule has 2 N–H and O–H groups in total. The molecule has 0 aliphatic heterocycles. The fraction of sp³-hybridized carbons (Fsp3) is 0. The molecular formula is C13H8FN3O2S. The van der Waals surface area contributed by atoms with E-state index in [0.29, 0.717) is 4.88 Å². The van der Waals surface area contributed by atoms with Gasteiger partial charge in [-0.05, 0) is 23.6 Å². The number of allylic oxidation sites excluding steroid dienone is 1. The Bertz CT molecular complexity index is 733. The summed E-state index contributed by atoms with van der Waals surface area (Å²) in [5, 5.41) is 21.9. The average Bonchev–Trinajstić information content (AvgIpc) is 2.93. The molecule has 2 rings (SSSR count). The summed E-state index contributed by atoms with van der Waals surface area (Å²) in [6, 6.07) is 8.27. The summed E-state index contributed by atoms with van der Waals surface area (Å²) < 4.78 is 13.3. The van der Waals surface area contributed by atoms with Gasteiger partial charge in [-0.2, -0.15) is 5.26 Å². The molecule has 0 saturated carbocycles. The van der Waals surface area contributed by atoms with Gasteiger partial charge in [0.25, 0.3) is 5.69 Å². The summed E-state index contributed by atoms with van der Waals surface area (Å²) in [5.74, 6) is -0.656. The summed E-state index contributed by atoms with van der Waals surface area (Å²) in [6.45, 7) is 0. The largest absolute Gasteiger partial charge is 0.397 e. The van der Waals surface area contributed by atoms with Gasteiger partial charge in [0.05, 0.1) is 21.8 Å². The van der Waals surface area contributed by atoms with Crippen LogP contribution < -0.4 is 5.73 Å². The van der Waals surface area contributed by atoms with Crippen LogP contribution in [0.2, 0.25) is 0 Å². The number of benzene rings is 1. The maximum Gasteiger partial charge on any atom is 0.278 e. The third kappa shape index (κ3) is 2.50. The van der Waals surface area contributed by atoms with Gasteiger partial charge in [-0.1, -0.05) is 6.07 Å². The number of nitrogens with two attached hydrogens (primary N) is 1. The first-order valence-corrected chi connectivity index (χ1v) is 6.30. The van der Waals surface area contributed by atoms with E-state index in [1.165, 1.54) is 11.3 Å². The Balaban J connectivity index is 2.69. The molecule has 1 aromatic heterocycles. The highest BCUT2D eigenvalue weighted by Crippen LogP contribution is 2.30. The molecule has 0 saturated heterocycles. The second-order valence-corrected chi connectivity index (χ2v) is 4.74. The summed E-state index contributed by atoms with van der Waals surface area (Å²) in [4.78, 5) is 10.9. The van der Waals surface area contributed by atoms with Crippen molar-refractivity contribution in [1.82, 2.24) is 0 Å². The van der Waals surface area contributed by atoms with Crippen molar-refractivity contribution in [2.45, 2.75) is 0 Å². The lowest BCUT2D eigenvalue weighted by Crippen LogP contribution is -2.04. The lowest BCUT2D eigenvalue weighted by atomic mass is 10.0. The van der Waals surface area contributed by atoms with Gasteiger partial charge >= 0.3 is 0 Å². The van der Waals surface area contributed by atoms with Crippen molar-refractivity contribution in [2.75, 3.05) is 0 Å². The number of hydrogen-bond donors (Lipinski definition) is 1. The summed E-state index contributed by atoms with van der Waals surface area (Å²) >= 11 is 1.27. The first kappa shape index (κ1) is 13.7. The third-order valence-corrected chi connectivity index (χ3v) is 3.48. The minimum atomic E-state index is -0.662. The van der Waals surface area contributed by atoms with Crippen molar-refractivity contribution in [3.8, 4) is 6.07 Å². The Morgan fingerprint density at radius 3 is 2.75 bits per heavy atom. The lowest BCUT2D eigenvalue weighted by molar-refractivity contribution is -0.385. The maximum absolute atomic E-state index is 13.3. The van der Waals surface area contributed by atoms with E-state index in [9.17, 15) is 19.8 Å². The number of hydrogen-bond acceptors (Lipinski definition) is 5. The molecule has 0 radical (unpaired) electrons. The van der Waals surface area contributed by atoms with Crippen molar-refractivity contribution in [3.63, 3.8) is 0 Å². The zero-order valence-corrected chi connectivity index (χ0v) is 10.9. The highest BCUT2D eigenvalue weighted by molar-refractivity contribution is 7.11. The Hall–Kier alpha value is -2.72. The smallest absolute Gasteiger partial charge is 0.278 e. The van der Waals surface area contributed by atoms with E-state index in [1.54, 1.807) is 17.5 Å². The number of nitro groups is 1. The summed E-state index contributed by atoms with van der Waals surface area (Å²) in [6.07, 6.45) is 0. The zero-order valence-electron chi connectivity index (χ0n) is 10.0. The molecule has 0 bridgehead atoms. The Morgan fingerprint density at radius 2 is 2.20 bits per heavy atom. The van der Waals surface area contributed by atoms with E-state index in [-0.39, 0.29) is 22.5 Å². The molecule has 0 fully saturated rings. The normalized spacial score (nSPS) is 11.6. The van der Waals surface area contributed by atoms with Crippen LogP contribution in [0.3, 0.4) is 0 Å². The van der Waals surface area contributed by atoms with Gasteiger partial charge < -0.3 is 5.73 Å². The SMILES string of the molecule is N#C/C(=C(/N)c1cc(F)ccc1[N+](=O)[O-])c1cccs1. The van der Waals surface area contributed by atoms with Crippen molar-refractivity contribution >= 4 is 28.3 Å². The number of nitriles is 1. The minimum absolute atomic E-state index is 0.0914. The van der Waals surface area contributed by atoms with Crippen LogP contribution in [0.5, 0.6) is 0 Å². The van der Waals surface area contributed by atoms with Crippen LogP contribution in [-0.4, -0.2) is 4.92 Å². The van der Waals surface area contributed by atoms with Crippen LogP contribution in [-0.2, 0) is 0 Å². The van der Waals surface area contributed by atoms with Gasteiger partial charge in [-0.15, -0.1) is 11.3 Å². The molecule has 20 heavy (non-hydrogen) atoms. The van der Waals surface area contributed by atoms with Crippen molar-refractivity contribution in [2.24, 2.45) is 5.73 Å². The molecule has 0 aliphatic carbocycles. The minimum Gasteiger partial charge on any atom is -0.397 e. The second kappa shape index (κ2) is 5.50. The molecule has 7 heteroatoms. The van der Waals surface area contributed by atoms with Crippen LogP contribution in [0.4, 0.5) is 10.1 Å². The molecule has 0 aliphatic rings. The lowest BCUT2D eigenvalue weighted by Gasteiger charge is -2.06. The van der Waals surface area contributed by atoms with Crippen LogP contribution in [0, 0.1) is 27.3 Å². The fourth-order valence-corrected chi connectivity index (χ4v) is 2.42.